The van der Waals surface area contributed by atoms with E-state index < -0.39 is 0 Å². The Kier molecular flexibility index (Phi) is 4.42. The van der Waals surface area contributed by atoms with Crippen LogP contribution >= 0.6 is 11.6 Å². The van der Waals surface area contributed by atoms with Gasteiger partial charge >= 0.3 is 0 Å². The number of hydrogen-bond acceptors (Lipinski definition) is 4. The monoisotopic (exact) mass is 293 g/mol. The van der Waals surface area contributed by atoms with E-state index >= 15 is 0 Å². The lowest BCUT2D eigenvalue weighted by Crippen LogP contribution is -2.19. The Labute approximate surface area is 121 Å². The lowest BCUT2D eigenvalue weighted by Gasteiger charge is -2.10. The smallest absolute Gasteiger partial charge is 0.255 e. The Morgan fingerprint density at radius 3 is 2.75 bits per heavy atom. The van der Waals surface area contributed by atoms with Gasteiger partial charge in [0.05, 0.1) is 5.69 Å². The first-order valence-corrected chi connectivity index (χ1v) is 6.63. The summed E-state index contributed by atoms with van der Waals surface area (Å²) in [5, 5.41) is 12.6. The highest BCUT2D eigenvalue weighted by atomic mass is 35.5. The molecule has 1 aromatic heterocycles. The molecule has 0 unspecified atom stereocenters. The van der Waals surface area contributed by atoms with Crippen molar-refractivity contribution in [1.82, 2.24) is 9.97 Å². The van der Waals surface area contributed by atoms with Crippen LogP contribution in [0.25, 0.3) is 0 Å². The third-order valence-corrected chi connectivity index (χ3v) is 3.26. The first kappa shape index (κ1) is 14.6. The molecule has 0 saturated carbocycles. The summed E-state index contributed by atoms with van der Waals surface area (Å²) in [7, 11) is 0. The van der Waals surface area contributed by atoms with Gasteiger partial charge in [0.2, 0.25) is 5.95 Å². The topological polar surface area (TPSA) is 78.0 Å². The molecular formula is C14H16ClN3O2. The fourth-order valence-electron chi connectivity index (χ4n) is 1.97. The molecule has 0 amide bonds. The van der Waals surface area contributed by atoms with E-state index in [0.29, 0.717) is 28.6 Å². The summed E-state index contributed by atoms with van der Waals surface area (Å²) >= 11 is 5.90. The lowest BCUT2D eigenvalue weighted by molar-refractivity contribution is 0.298. The second-order valence-corrected chi connectivity index (χ2v) is 4.97. The van der Waals surface area contributed by atoms with Crippen LogP contribution in [0.3, 0.4) is 0 Å². The van der Waals surface area contributed by atoms with Gasteiger partial charge in [0.25, 0.3) is 5.56 Å². The molecule has 0 atom stereocenters. The highest BCUT2D eigenvalue weighted by Gasteiger charge is 2.08. The van der Waals surface area contributed by atoms with Crippen molar-refractivity contribution in [2.24, 2.45) is 0 Å². The minimum Gasteiger partial charge on any atom is -0.396 e. The van der Waals surface area contributed by atoms with E-state index in [1.807, 2.05) is 19.1 Å². The van der Waals surface area contributed by atoms with Crippen LogP contribution in [-0.2, 0) is 6.42 Å². The largest absolute Gasteiger partial charge is 0.396 e. The number of nitrogens with one attached hydrogen (secondary N) is 2. The normalized spacial score (nSPS) is 10.6. The van der Waals surface area contributed by atoms with Gasteiger partial charge in [-0.2, -0.15) is 0 Å². The first-order chi connectivity index (χ1) is 9.51. The number of nitrogens with zero attached hydrogens (tertiary/aromatic N) is 1. The van der Waals surface area contributed by atoms with E-state index in [1.54, 1.807) is 13.0 Å². The predicted molar refractivity (Wildman–Crippen MR) is 79.9 cm³/mol. The summed E-state index contributed by atoms with van der Waals surface area (Å²) in [6.07, 6.45) is 0.300. The SMILES string of the molecule is Cc1cc(Cl)ccc1Nc1nc(C)c(CCO)c(=O)[nH]1. The summed E-state index contributed by atoms with van der Waals surface area (Å²) < 4.78 is 0. The Hall–Kier alpha value is -1.85. The van der Waals surface area contributed by atoms with Crippen LogP contribution in [0.4, 0.5) is 11.6 Å². The molecule has 0 radical (unpaired) electrons. The average molecular weight is 294 g/mol. The summed E-state index contributed by atoms with van der Waals surface area (Å²) in [6.45, 7) is 3.59. The van der Waals surface area contributed by atoms with Crippen molar-refractivity contribution in [2.75, 3.05) is 11.9 Å². The molecule has 0 bridgehead atoms. The van der Waals surface area contributed by atoms with E-state index in [-0.39, 0.29) is 12.2 Å². The number of aromatic amines is 1. The molecule has 1 aromatic carbocycles. The van der Waals surface area contributed by atoms with E-state index in [4.69, 9.17) is 16.7 Å². The van der Waals surface area contributed by atoms with Gasteiger partial charge in [-0.25, -0.2) is 4.98 Å². The highest BCUT2D eigenvalue weighted by Crippen LogP contribution is 2.21. The fourth-order valence-corrected chi connectivity index (χ4v) is 2.20. The molecule has 0 aliphatic carbocycles. The van der Waals surface area contributed by atoms with E-state index in [1.165, 1.54) is 0 Å². The number of H-pyrrole nitrogens is 1. The molecule has 20 heavy (non-hydrogen) atoms. The van der Waals surface area contributed by atoms with Crippen molar-refractivity contribution in [3.8, 4) is 0 Å². The minimum absolute atomic E-state index is 0.0747. The Balaban J connectivity index is 2.33. The first-order valence-electron chi connectivity index (χ1n) is 6.25. The zero-order valence-corrected chi connectivity index (χ0v) is 12.1. The van der Waals surface area contributed by atoms with Crippen molar-refractivity contribution < 1.29 is 5.11 Å². The van der Waals surface area contributed by atoms with Gasteiger partial charge in [0, 0.05) is 29.3 Å². The van der Waals surface area contributed by atoms with Crippen LogP contribution in [0.5, 0.6) is 0 Å². The number of aromatic nitrogens is 2. The van der Waals surface area contributed by atoms with Crippen molar-refractivity contribution in [1.29, 1.82) is 0 Å². The number of hydrogen-bond donors (Lipinski definition) is 3. The van der Waals surface area contributed by atoms with Gasteiger partial charge in [-0.3, -0.25) is 9.78 Å². The summed E-state index contributed by atoms with van der Waals surface area (Å²) in [6, 6.07) is 5.42. The maximum Gasteiger partial charge on any atom is 0.255 e. The van der Waals surface area contributed by atoms with Gasteiger partial charge in [-0.05, 0) is 37.6 Å². The Morgan fingerprint density at radius 2 is 2.15 bits per heavy atom. The maximum atomic E-state index is 11.9. The molecule has 2 aromatic rings. The number of aliphatic hydroxyl groups is 1. The zero-order chi connectivity index (χ0) is 14.7. The van der Waals surface area contributed by atoms with Crippen LogP contribution in [0.2, 0.25) is 5.02 Å². The molecule has 5 nitrogen and oxygen atoms in total. The van der Waals surface area contributed by atoms with Crippen LogP contribution < -0.4 is 10.9 Å². The molecule has 3 N–H and O–H groups in total. The summed E-state index contributed by atoms with van der Waals surface area (Å²) in [4.78, 5) is 18.9. The number of halogens is 1. The van der Waals surface area contributed by atoms with Crippen molar-refractivity contribution >= 4 is 23.2 Å². The molecule has 2 rings (SSSR count). The fraction of sp³-hybridized carbons (Fsp3) is 0.286. The molecule has 0 fully saturated rings. The van der Waals surface area contributed by atoms with Crippen molar-refractivity contribution in [3.63, 3.8) is 0 Å². The van der Waals surface area contributed by atoms with E-state index in [9.17, 15) is 4.79 Å². The lowest BCUT2D eigenvalue weighted by atomic mass is 10.2. The maximum absolute atomic E-state index is 11.9. The second kappa shape index (κ2) is 6.07. The summed E-state index contributed by atoms with van der Waals surface area (Å²) in [5.74, 6) is 0.375. The van der Waals surface area contributed by atoms with Gasteiger partial charge in [-0.1, -0.05) is 11.6 Å². The van der Waals surface area contributed by atoms with Crippen LogP contribution in [-0.4, -0.2) is 21.7 Å². The molecule has 1 heterocycles. The number of aryl methyl sites for hydroxylation is 2. The molecule has 6 heteroatoms. The van der Waals surface area contributed by atoms with Crippen LogP contribution in [0.1, 0.15) is 16.8 Å². The molecule has 106 valence electrons. The third kappa shape index (κ3) is 3.18. The van der Waals surface area contributed by atoms with Gasteiger partial charge in [0.1, 0.15) is 0 Å². The summed E-state index contributed by atoms with van der Waals surface area (Å²) in [5.41, 5.74) is 2.66. The van der Waals surface area contributed by atoms with Crippen LogP contribution in [0.15, 0.2) is 23.0 Å². The zero-order valence-electron chi connectivity index (χ0n) is 11.3. The third-order valence-electron chi connectivity index (χ3n) is 3.03. The highest BCUT2D eigenvalue weighted by molar-refractivity contribution is 6.30. The molecule has 0 spiro atoms. The van der Waals surface area contributed by atoms with Gasteiger partial charge in [-0.15, -0.1) is 0 Å². The quantitative estimate of drug-likeness (QED) is 0.808. The molecule has 0 aliphatic heterocycles. The van der Waals surface area contributed by atoms with E-state index in [0.717, 1.165) is 11.3 Å². The number of anilines is 2. The number of aliphatic hydroxyl groups excluding tert-OH is 1. The van der Waals surface area contributed by atoms with Gasteiger partial charge in [0.15, 0.2) is 0 Å². The average Bonchev–Trinajstić information content (AvgIpc) is 2.37. The molecular weight excluding hydrogens is 278 g/mol. The number of benzene rings is 1. The Morgan fingerprint density at radius 1 is 1.40 bits per heavy atom. The van der Waals surface area contributed by atoms with Crippen molar-refractivity contribution in [3.05, 3.63) is 50.4 Å². The Bertz CT molecular complexity index is 683. The molecule has 0 saturated heterocycles. The standard InChI is InChI=1S/C14H16ClN3O2/c1-8-7-10(15)3-4-12(8)17-14-16-9(2)11(5-6-19)13(20)18-14/h3-4,7,19H,5-6H2,1-2H3,(H2,16,17,18,20). The van der Waals surface area contributed by atoms with Gasteiger partial charge < -0.3 is 10.4 Å². The van der Waals surface area contributed by atoms with Crippen molar-refractivity contribution in [2.45, 2.75) is 20.3 Å². The second-order valence-electron chi connectivity index (χ2n) is 4.54. The van der Waals surface area contributed by atoms with Crippen LogP contribution in [0, 0.1) is 13.8 Å². The molecule has 0 aliphatic rings. The number of rotatable bonds is 4. The minimum atomic E-state index is -0.235. The van der Waals surface area contributed by atoms with E-state index in [2.05, 4.69) is 15.3 Å². The predicted octanol–water partition coefficient (Wildman–Crippen LogP) is 2.32.